The van der Waals surface area contributed by atoms with E-state index in [2.05, 4.69) is 422 Å². The standard InChI is InChI=1S/C104H68N2/c1-2-26-76(27-3-1)101-97-41-16-12-37-93(97)95-39-14-18-43-99(95)103(101)105(82-59-51-73(52-60-82)87-45-21-29-71-24-6-8-33-85(71)87)83-63-55-75(56-64-83)89-65-66-90(92-36-11-10-35-91(89)92)79-31-20-32-80(68-79)102-98-42-17-13-38-94(98)96-40-15-19-44-100(96)104(102)106(81-57-49-70(50-58-81)78-48-47-69-23-4-5-28-77(69)67-78)84-61-53-74(54-62-84)88-46-22-30-72-25-7-9-34-86(72)88/h1-68H. The van der Waals surface area contributed by atoms with Crippen molar-refractivity contribution in [1.29, 1.82) is 0 Å². The van der Waals surface area contributed by atoms with Gasteiger partial charge in [0.1, 0.15) is 0 Å². The quantitative estimate of drug-likeness (QED) is 0.106. The molecule has 0 heterocycles. The number of hydrogen-bond donors (Lipinski definition) is 0. The van der Waals surface area contributed by atoms with Crippen molar-refractivity contribution in [2.24, 2.45) is 0 Å². The fraction of sp³-hybridized carbons (Fsp3) is 0. The highest BCUT2D eigenvalue weighted by molar-refractivity contribution is 6.24. The number of hydrogen-bond acceptors (Lipinski definition) is 2. The van der Waals surface area contributed by atoms with Crippen LogP contribution in [-0.4, -0.2) is 0 Å². The number of anilines is 6. The Hall–Kier alpha value is -13.9. The van der Waals surface area contributed by atoms with Crippen LogP contribution in [0.2, 0.25) is 0 Å². The highest BCUT2D eigenvalue weighted by Gasteiger charge is 2.27. The van der Waals surface area contributed by atoms with Gasteiger partial charge in [0.05, 0.1) is 11.4 Å². The zero-order valence-electron chi connectivity index (χ0n) is 58.2. The Balaban J connectivity index is 0.726. The summed E-state index contributed by atoms with van der Waals surface area (Å²) in [5, 5.41) is 19.4. The molecule has 2 heteroatoms. The molecule has 20 aromatic rings. The molecule has 0 amide bonds. The van der Waals surface area contributed by atoms with E-state index in [1.54, 1.807) is 0 Å². The largest absolute Gasteiger partial charge is 0.309 e. The second-order valence-corrected chi connectivity index (χ2v) is 27.8. The first-order valence-electron chi connectivity index (χ1n) is 36.6. The SMILES string of the molecule is c1ccc(-c2c(N(c3ccc(-c4cccc5ccccc45)cc3)c3ccc(-c4ccc(-c5cccc(-c6c(N(c7ccc(-c8ccc9ccccc9c8)cc7)c7ccc(-c8cccc9ccccc89)cc7)c7ccccc7c7ccccc67)c5)c5ccccc45)cc3)c3ccccc3c3ccccc23)cc1. The third-order valence-corrected chi connectivity index (χ3v) is 21.8. The lowest BCUT2D eigenvalue weighted by molar-refractivity contribution is 1.30. The lowest BCUT2D eigenvalue weighted by atomic mass is 9.87. The minimum absolute atomic E-state index is 1.06. The minimum Gasteiger partial charge on any atom is -0.309 e. The molecule has 0 radical (unpaired) electrons. The summed E-state index contributed by atoms with van der Waals surface area (Å²) in [5.74, 6) is 0. The van der Waals surface area contributed by atoms with Crippen molar-refractivity contribution in [1.82, 2.24) is 0 Å². The van der Waals surface area contributed by atoms with Gasteiger partial charge in [-0.15, -0.1) is 0 Å². The van der Waals surface area contributed by atoms with Gasteiger partial charge < -0.3 is 9.80 Å². The molecule has 20 aromatic carbocycles. The normalized spacial score (nSPS) is 11.6. The van der Waals surface area contributed by atoms with Crippen LogP contribution >= 0.6 is 0 Å². The Morgan fingerprint density at radius 3 is 0.906 bits per heavy atom. The molecule has 0 aliphatic carbocycles. The van der Waals surface area contributed by atoms with Crippen molar-refractivity contribution in [3.63, 3.8) is 0 Å². The predicted octanol–water partition coefficient (Wildman–Crippen LogP) is 29.5. The van der Waals surface area contributed by atoms with Crippen molar-refractivity contribution in [2.75, 3.05) is 9.80 Å². The lowest BCUT2D eigenvalue weighted by Crippen LogP contribution is -2.12. The first-order chi connectivity index (χ1) is 52.6. The number of nitrogens with zero attached hydrogens (tertiary/aromatic N) is 2. The van der Waals surface area contributed by atoms with Gasteiger partial charge in [-0.05, 0) is 203 Å². The van der Waals surface area contributed by atoms with Crippen LogP contribution in [0.4, 0.5) is 34.1 Å². The van der Waals surface area contributed by atoms with Gasteiger partial charge in [-0.3, -0.25) is 0 Å². The first-order valence-corrected chi connectivity index (χ1v) is 36.6. The van der Waals surface area contributed by atoms with E-state index >= 15 is 0 Å². The maximum atomic E-state index is 2.51. The van der Waals surface area contributed by atoms with E-state index in [9.17, 15) is 0 Å². The van der Waals surface area contributed by atoms with Gasteiger partial charge in [0.2, 0.25) is 0 Å². The van der Waals surface area contributed by atoms with E-state index in [0.717, 1.165) is 67.5 Å². The average Bonchev–Trinajstić information content (AvgIpc) is 0.731. The highest BCUT2D eigenvalue weighted by atomic mass is 15.2. The molecule has 494 valence electrons. The molecule has 0 aromatic heterocycles. The molecule has 0 saturated carbocycles. The smallest absolute Gasteiger partial charge is 0.0624 e. The van der Waals surface area contributed by atoms with Crippen LogP contribution in [0.1, 0.15) is 0 Å². The Labute approximate surface area is 616 Å². The summed E-state index contributed by atoms with van der Waals surface area (Å²) >= 11 is 0. The minimum atomic E-state index is 1.06. The van der Waals surface area contributed by atoms with Crippen molar-refractivity contribution in [2.45, 2.75) is 0 Å². The average molecular weight is 1350 g/mol. The van der Waals surface area contributed by atoms with Crippen LogP contribution in [-0.2, 0) is 0 Å². The summed E-state index contributed by atoms with van der Waals surface area (Å²) in [5.41, 5.74) is 22.9. The van der Waals surface area contributed by atoms with Crippen molar-refractivity contribution < 1.29 is 0 Å². The number of fused-ring (bicyclic) bond motifs is 10. The molecular weight excluding hydrogens is 1280 g/mol. The third-order valence-electron chi connectivity index (χ3n) is 21.8. The van der Waals surface area contributed by atoms with Crippen LogP contribution in [0.25, 0.3) is 164 Å². The van der Waals surface area contributed by atoms with E-state index in [1.165, 1.54) is 131 Å². The second-order valence-electron chi connectivity index (χ2n) is 27.8. The molecule has 20 rings (SSSR count). The van der Waals surface area contributed by atoms with Crippen molar-refractivity contribution in [3.05, 3.63) is 413 Å². The fourth-order valence-corrected chi connectivity index (χ4v) is 16.9. The van der Waals surface area contributed by atoms with Crippen LogP contribution in [0, 0.1) is 0 Å². The summed E-state index contributed by atoms with van der Waals surface area (Å²) in [7, 11) is 0. The molecule has 0 bridgehead atoms. The van der Waals surface area contributed by atoms with Crippen molar-refractivity contribution >= 4 is 120 Å². The van der Waals surface area contributed by atoms with E-state index in [4.69, 9.17) is 0 Å². The summed E-state index contributed by atoms with van der Waals surface area (Å²) in [4.78, 5) is 5.01. The summed E-state index contributed by atoms with van der Waals surface area (Å²) < 4.78 is 0. The molecule has 0 unspecified atom stereocenters. The maximum Gasteiger partial charge on any atom is 0.0624 e. The molecular formula is C104H68N2. The Morgan fingerprint density at radius 1 is 0.132 bits per heavy atom. The van der Waals surface area contributed by atoms with Crippen LogP contribution < -0.4 is 9.80 Å². The highest BCUT2D eigenvalue weighted by Crippen LogP contribution is 2.53. The van der Waals surface area contributed by atoms with Crippen LogP contribution in [0.5, 0.6) is 0 Å². The topological polar surface area (TPSA) is 6.48 Å². The lowest BCUT2D eigenvalue weighted by Gasteiger charge is -2.31. The summed E-state index contributed by atoms with van der Waals surface area (Å²) in [6.07, 6.45) is 0. The first kappa shape index (κ1) is 61.9. The molecule has 0 atom stereocenters. The predicted molar refractivity (Wildman–Crippen MR) is 454 cm³/mol. The zero-order valence-corrected chi connectivity index (χ0v) is 58.2. The Morgan fingerprint density at radius 2 is 0.434 bits per heavy atom. The van der Waals surface area contributed by atoms with Crippen molar-refractivity contribution in [3.8, 4) is 77.9 Å². The van der Waals surface area contributed by atoms with Crippen LogP contribution in [0.3, 0.4) is 0 Å². The molecule has 0 N–H and O–H groups in total. The zero-order chi connectivity index (χ0) is 70.0. The van der Waals surface area contributed by atoms with Gasteiger partial charge in [-0.1, -0.05) is 352 Å². The van der Waals surface area contributed by atoms with Crippen LogP contribution in [0.15, 0.2) is 413 Å². The number of rotatable bonds is 13. The van der Waals surface area contributed by atoms with Gasteiger partial charge in [0, 0.05) is 44.6 Å². The summed E-state index contributed by atoms with van der Waals surface area (Å²) in [6, 6.07) is 153. The van der Waals surface area contributed by atoms with Gasteiger partial charge in [-0.25, -0.2) is 0 Å². The van der Waals surface area contributed by atoms with Gasteiger partial charge in [-0.2, -0.15) is 0 Å². The molecule has 0 aliphatic heterocycles. The fourth-order valence-electron chi connectivity index (χ4n) is 16.9. The van der Waals surface area contributed by atoms with Gasteiger partial charge >= 0.3 is 0 Å². The molecule has 2 nitrogen and oxygen atoms in total. The molecule has 0 saturated heterocycles. The van der Waals surface area contributed by atoms with E-state index in [0.29, 0.717) is 0 Å². The van der Waals surface area contributed by atoms with E-state index < -0.39 is 0 Å². The molecule has 0 aliphatic rings. The number of benzene rings is 20. The molecule has 106 heavy (non-hydrogen) atoms. The van der Waals surface area contributed by atoms with Gasteiger partial charge in [0.25, 0.3) is 0 Å². The molecule has 0 fully saturated rings. The van der Waals surface area contributed by atoms with E-state index in [-0.39, 0.29) is 0 Å². The maximum absolute atomic E-state index is 2.51. The molecule has 0 spiro atoms. The summed E-state index contributed by atoms with van der Waals surface area (Å²) in [6.45, 7) is 0. The monoisotopic (exact) mass is 1340 g/mol. The Kier molecular flexibility index (Phi) is 15.3. The third kappa shape index (κ3) is 10.7. The second kappa shape index (κ2) is 26.2. The Bertz CT molecular complexity index is 6790. The van der Waals surface area contributed by atoms with E-state index in [1.807, 2.05) is 0 Å². The van der Waals surface area contributed by atoms with Gasteiger partial charge in [0.15, 0.2) is 0 Å².